The van der Waals surface area contributed by atoms with Crippen molar-refractivity contribution in [2.24, 2.45) is 0 Å². The number of Topliss-reactive ketones (excluding diaryl/α,β-unsaturated/α-hetero) is 1. The summed E-state index contributed by atoms with van der Waals surface area (Å²) < 4.78 is 19.8. The fourth-order valence-electron chi connectivity index (χ4n) is 2.37. The molecule has 0 saturated carbocycles. The number of ketones is 1. The lowest BCUT2D eigenvalue weighted by atomic mass is 9.91. The Morgan fingerprint density at radius 3 is 2.70 bits per heavy atom. The fourth-order valence-corrected chi connectivity index (χ4v) is 2.78. The van der Waals surface area contributed by atoms with Crippen molar-refractivity contribution in [1.82, 2.24) is 4.90 Å². The first-order chi connectivity index (χ1) is 9.41. The molecule has 0 unspecified atom stereocenters. The summed E-state index contributed by atoms with van der Waals surface area (Å²) in [5, 5.41) is 0. The van der Waals surface area contributed by atoms with Gasteiger partial charge in [0.2, 0.25) is 0 Å². The number of ether oxygens (including phenoxy) is 1. The van der Waals surface area contributed by atoms with Crippen molar-refractivity contribution >= 4 is 21.7 Å². The van der Waals surface area contributed by atoms with Crippen LogP contribution in [0.25, 0.3) is 0 Å². The van der Waals surface area contributed by atoms with Gasteiger partial charge in [0, 0.05) is 24.0 Å². The predicted octanol–water partition coefficient (Wildman–Crippen LogP) is 2.81. The van der Waals surface area contributed by atoms with E-state index in [0.717, 1.165) is 17.6 Å². The molecule has 1 aromatic rings. The van der Waals surface area contributed by atoms with Gasteiger partial charge in [-0.15, -0.1) is 0 Å². The van der Waals surface area contributed by atoms with E-state index >= 15 is 0 Å². The molecule has 0 spiro atoms. The molecular weight excluding hydrogens is 325 g/mol. The van der Waals surface area contributed by atoms with Crippen molar-refractivity contribution in [3.8, 4) is 0 Å². The van der Waals surface area contributed by atoms with Crippen LogP contribution in [0.5, 0.6) is 0 Å². The molecule has 1 aliphatic rings. The van der Waals surface area contributed by atoms with Crippen LogP contribution in [-0.4, -0.2) is 42.5 Å². The molecule has 5 heteroatoms. The van der Waals surface area contributed by atoms with Crippen LogP contribution >= 0.6 is 15.9 Å². The van der Waals surface area contributed by atoms with Gasteiger partial charge in [-0.2, -0.15) is 0 Å². The Kier molecular flexibility index (Phi) is 4.94. The van der Waals surface area contributed by atoms with Gasteiger partial charge in [-0.3, -0.25) is 9.69 Å². The molecule has 0 aromatic heterocycles. The molecule has 2 rings (SSSR count). The van der Waals surface area contributed by atoms with Gasteiger partial charge in [0.25, 0.3) is 0 Å². The highest BCUT2D eigenvalue weighted by molar-refractivity contribution is 9.10. The quantitative estimate of drug-likeness (QED) is 0.841. The van der Waals surface area contributed by atoms with Crippen LogP contribution in [-0.2, 0) is 16.0 Å². The molecule has 0 radical (unpaired) electrons. The highest BCUT2D eigenvalue weighted by Crippen LogP contribution is 2.22. The standard InChI is InChI=1S/C15H19BrFNO2/c1-15(2,18-5-7-20-8-6-18)14(19)10-11-9-12(16)3-4-13(11)17/h3-4,9H,5-8,10H2,1-2H3. The van der Waals surface area contributed by atoms with Crippen LogP contribution in [0.2, 0.25) is 0 Å². The average molecular weight is 344 g/mol. The maximum absolute atomic E-state index is 13.8. The van der Waals surface area contributed by atoms with E-state index < -0.39 is 5.54 Å². The molecule has 0 aliphatic carbocycles. The third kappa shape index (κ3) is 3.45. The van der Waals surface area contributed by atoms with Crippen LogP contribution in [0, 0.1) is 5.82 Å². The molecule has 1 heterocycles. The van der Waals surface area contributed by atoms with E-state index in [0.29, 0.717) is 18.8 Å². The number of rotatable bonds is 4. The van der Waals surface area contributed by atoms with E-state index in [1.807, 2.05) is 13.8 Å². The number of morpholine rings is 1. The summed E-state index contributed by atoms with van der Waals surface area (Å²) in [5.41, 5.74) is -0.163. The zero-order valence-electron chi connectivity index (χ0n) is 11.8. The van der Waals surface area contributed by atoms with Gasteiger partial charge >= 0.3 is 0 Å². The summed E-state index contributed by atoms with van der Waals surface area (Å²) in [6, 6.07) is 4.69. The summed E-state index contributed by atoms with van der Waals surface area (Å²) in [5.74, 6) is -0.310. The highest BCUT2D eigenvalue weighted by Gasteiger charge is 2.35. The molecule has 1 saturated heterocycles. The fraction of sp³-hybridized carbons (Fsp3) is 0.533. The summed E-state index contributed by atoms with van der Waals surface area (Å²) in [7, 11) is 0. The van der Waals surface area contributed by atoms with E-state index in [1.165, 1.54) is 6.07 Å². The monoisotopic (exact) mass is 343 g/mol. The minimum absolute atomic E-state index is 0.0244. The van der Waals surface area contributed by atoms with Crippen LogP contribution in [0.1, 0.15) is 19.4 Å². The van der Waals surface area contributed by atoms with Crippen molar-refractivity contribution < 1.29 is 13.9 Å². The van der Waals surface area contributed by atoms with E-state index in [4.69, 9.17) is 4.74 Å². The molecular formula is C15H19BrFNO2. The van der Waals surface area contributed by atoms with E-state index in [-0.39, 0.29) is 18.0 Å². The van der Waals surface area contributed by atoms with Crippen molar-refractivity contribution in [1.29, 1.82) is 0 Å². The largest absolute Gasteiger partial charge is 0.379 e. The molecule has 0 N–H and O–H groups in total. The smallest absolute Gasteiger partial charge is 0.156 e. The topological polar surface area (TPSA) is 29.5 Å². The number of nitrogens with zero attached hydrogens (tertiary/aromatic N) is 1. The molecule has 1 aromatic carbocycles. The van der Waals surface area contributed by atoms with Crippen molar-refractivity contribution in [3.63, 3.8) is 0 Å². The number of carbonyl (C=O) groups excluding carboxylic acids is 1. The molecule has 20 heavy (non-hydrogen) atoms. The Hall–Kier alpha value is -0.780. The highest BCUT2D eigenvalue weighted by atomic mass is 79.9. The second-order valence-electron chi connectivity index (χ2n) is 5.49. The Morgan fingerprint density at radius 1 is 1.40 bits per heavy atom. The van der Waals surface area contributed by atoms with E-state index in [2.05, 4.69) is 20.8 Å². The number of benzene rings is 1. The average Bonchev–Trinajstić information content (AvgIpc) is 2.43. The van der Waals surface area contributed by atoms with Gasteiger partial charge in [-0.25, -0.2) is 4.39 Å². The first kappa shape index (κ1) is 15.6. The molecule has 0 amide bonds. The van der Waals surface area contributed by atoms with Crippen LogP contribution in [0.4, 0.5) is 4.39 Å². The Morgan fingerprint density at radius 2 is 2.05 bits per heavy atom. The zero-order valence-corrected chi connectivity index (χ0v) is 13.4. The minimum Gasteiger partial charge on any atom is -0.379 e. The van der Waals surface area contributed by atoms with Crippen molar-refractivity contribution in [3.05, 3.63) is 34.1 Å². The third-order valence-corrected chi connectivity index (χ3v) is 4.34. The van der Waals surface area contributed by atoms with Gasteiger partial charge in [0.05, 0.1) is 18.8 Å². The van der Waals surface area contributed by atoms with Crippen molar-refractivity contribution in [2.45, 2.75) is 25.8 Å². The van der Waals surface area contributed by atoms with Crippen molar-refractivity contribution in [2.75, 3.05) is 26.3 Å². The minimum atomic E-state index is -0.599. The van der Waals surface area contributed by atoms with Crippen LogP contribution < -0.4 is 0 Å². The van der Waals surface area contributed by atoms with Gasteiger partial charge in [-0.05, 0) is 37.6 Å². The van der Waals surface area contributed by atoms with Crippen LogP contribution in [0.15, 0.2) is 22.7 Å². The molecule has 1 fully saturated rings. The van der Waals surface area contributed by atoms with Gasteiger partial charge in [0.15, 0.2) is 5.78 Å². The second kappa shape index (κ2) is 6.33. The lowest BCUT2D eigenvalue weighted by Gasteiger charge is -2.39. The Balaban J connectivity index is 2.11. The lowest BCUT2D eigenvalue weighted by molar-refractivity contribution is -0.131. The molecule has 0 bridgehead atoms. The maximum atomic E-state index is 13.8. The molecule has 1 aliphatic heterocycles. The number of hydrogen-bond donors (Lipinski definition) is 0. The van der Waals surface area contributed by atoms with Crippen LogP contribution in [0.3, 0.4) is 0 Å². The molecule has 3 nitrogen and oxygen atoms in total. The molecule has 110 valence electrons. The van der Waals surface area contributed by atoms with Gasteiger partial charge < -0.3 is 4.74 Å². The second-order valence-corrected chi connectivity index (χ2v) is 6.41. The SMILES string of the molecule is CC(C)(C(=O)Cc1cc(Br)ccc1F)N1CCOCC1. The summed E-state index contributed by atoms with van der Waals surface area (Å²) in [6.07, 6.45) is 0.107. The lowest BCUT2D eigenvalue weighted by Crippen LogP contribution is -2.54. The van der Waals surface area contributed by atoms with Gasteiger partial charge in [-0.1, -0.05) is 15.9 Å². The third-order valence-electron chi connectivity index (χ3n) is 3.84. The first-order valence-corrected chi connectivity index (χ1v) is 7.50. The normalized spacial score (nSPS) is 17.2. The van der Waals surface area contributed by atoms with E-state index in [1.54, 1.807) is 12.1 Å². The Labute approximate surface area is 127 Å². The summed E-state index contributed by atoms with van der Waals surface area (Å²) >= 11 is 3.31. The summed E-state index contributed by atoms with van der Waals surface area (Å²) in [6.45, 7) is 6.55. The zero-order chi connectivity index (χ0) is 14.8. The maximum Gasteiger partial charge on any atom is 0.156 e. The first-order valence-electron chi connectivity index (χ1n) is 6.71. The summed E-state index contributed by atoms with van der Waals surface area (Å²) in [4.78, 5) is 14.6. The predicted molar refractivity (Wildman–Crippen MR) is 79.3 cm³/mol. The van der Waals surface area contributed by atoms with Gasteiger partial charge in [0.1, 0.15) is 5.82 Å². The number of carbonyl (C=O) groups is 1. The number of hydrogen-bond acceptors (Lipinski definition) is 3. The number of halogens is 2. The van der Waals surface area contributed by atoms with E-state index in [9.17, 15) is 9.18 Å². The molecule has 0 atom stereocenters. The Bertz CT molecular complexity index is 499.